The highest BCUT2D eigenvalue weighted by atomic mass is 32.2. The average molecular weight is 332 g/mol. The molecule has 23 heavy (non-hydrogen) atoms. The summed E-state index contributed by atoms with van der Waals surface area (Å²) in [6, 6.07) is 15.3. The summed E-state index contributed by atoms with van der Waals surface area (Å²) in [5.74, 6) is 0. The van der Waals surface area contributed by atoms with Gasteiger partial charge in [-0.1, -0.05) is 48.9 Å². The Labute approximate surface area is 139 Å². The lowest BCUT2D eigenvalue weighted by atomic mass is 10.1. The molecule has 0 radical (unpaired) electrons. The number of hydrogen-bond acceptors (Lipinski definition) is 3. The van der Waals surface area contributed by atoms with Gasteiger partial charge in [-0.25, -0.2) is 0 Å². The molecule has 0 heterocycles. The molecule has 0 aliphatic rings. The first kappa shape index (κ1) is 17.7. The van der Waals surface area contributed by atoms with Crippen LogP contribution in [-0.2, 0) is 27.1 Å². The van der Waals surface area contributed by atoms with E-state index in [1.165, 1.54) is 11.1 Å². The third-order valence-corrected chi connectivity index (χ3v) is 5.17. The lowest BCUT2D eigenvalue weighted by Crippen LogP contribution is -2.07. The van der Waals surface area contributed by atoms with Crippen molar-refractivity contribution >= 4 is 10.1 Å². The van der Waals surface area contributed by atoms with Crippen molar-refractivity contribution in [3.63, 3.8) is 0 Å². The average Bonchev–Trinajstić information content (AvgIpc) is 2.55. The number of benzene rings is 2. The van der Waals surface area contributed by atoms with Crippen LogP contribution in [0.4, 0.5) is 0 Å². The van der Waals surface area contributed by atoms with Crippen molar-refractivity contribution < 1.29 is 12.6 Å². The maximum atomic E-state index is 12.0. The van der Waals surface area contributed by atoms with Crippen molar-refractivity contribution in [2.24, 2.45) is 0 Å². The number of aryl methyl sites for hydroxylation is 3. The van der Waals surface area contributed by atoms with Crippen LogP contribution in [0.5, 0.6) is 0 Å². The monoisotopic (exact) mass is 332 g/mol. The van der Waals surface area contributed by atoms with Crippen molar-refractivity contribution in [1.29, 1.82) is 0 Å². The number of unbranched alkanes of at least 4 members (excludes halogenated alkanes) is 1. The molecule has 0 bridgehead atoms. The Hall–Kier alpha value is -1.65. The fourth-order valence-electron chi connectivity index (χ4n) is 2.31. The van der Waals surface area contributed by atoms with E-state index in [2.05, 4.69) is 31.2 Å². The molecule has 3 nitrogen and oxygen atoms in total. The van der Waals surface area contributed by atoms with Gasteiger partial charge in [-0.15, -0.1) is 0 Å². The predicted molar refractivity (Wildman–Crippen MR) is 93.1 cm³/mol. The standard InChI is InChI=1S/C19H24O3S/c1-3-17-9-11-18(12-10-17)6-4-5-15-22-23(20,21)19-13-7-16(2)8-14-19/h7-14H,3-6,15H2,1-2H3. The lowest BCUT2D eigenvalue weighted by molar-refractivity contribution is 0.308. The quantitative estimate of drug-likeness (QED) is 0.535. The second-order valence-electron chi connectivity index (χ2n) is 5.72. The van der Waals surface area contributed by atoms with E-state index in [-0.39, 0.29) is 11.5 Å². The van der Waals surface area contributed by atoms with Crippen LogP contribution in [0.1, 0.15) is 36.5 Å². The van der Waals surface area contributed by atoms with E-state index >= 15 is 0 Å². The molecule has 0 saturated carbocycles. The first-order valence-electron chi connectivity index (χ1n) is 8.05. The van der Waals surface area contributed by atoms with Gasteiger partial charge in [0.1, 0.15) is 0 Å². The van der Waals surface area contributed by atoms with Crippen LogP contribution in [0, 0.1) is 6.92 Å². The van der Waals surface area contributed by atoms with Crippen molar-refractivity contribution in [3.05, 3.63) is 65.2 Å². The molecule has 2 aromatic rings. The zero-order valence-corrected chi connectivity index (χ0v) is 14.6. The van der Waals surface area contributed by atoms with Gasteiger partial charge in [0.05, 0.1) is 11.5 Å². The Kier molecular flexibility index (Phi) is 6.37. The highest BCUT2D eigenvalue weighted by molar-refractivity contribution is 7.86. The summed E-state index contributed by atoms with van der Waals surface area (Å²) in [6.07, 6.45) is 3.62. The van der Waals surface area contributed by atoms with E-state index in [9.17, 15) is 8.42 Å². The van der Waals surface area contributed by atoms with E-state index in [1.54, 1.807) is 24.3 Å². The molecule has 0 aliphatic carbocycles. The second-order valence-corrected chi connectivity index (χ2v) is 7.33. The Bertz CT molecular complexity index is 701. The Morgan fingerprint density at radius 3 is 2.09 bits per heavy atom. The zero-order chi connectivity index (χ0) is 16.7. The fraction of sp³-hybridized carbons (Fsp3) is 0.368. The summed E-state index contributed by atoms with van der Waals surface area (Å²) in [7, 11) is -3.63. The minimum atomic E-state index is -3.63. The van der Waals surface area contributed by atoms with E-state index in [1.807, 2.05) is 6.92 Å². The van der Waals surface area contributed by atoms with Gasteiger partial charge in [-0.05, 0) is 55.9 Å². The highest BCUT2D eigenvalue weighted by Crippen LogP contribution is 2.14. The molecule has 0 N–H and O–H groups in total. The van der Waals surface area contributed by atoms with Crippen LogP contribution < -0.4 is 0 Å². The van der Waals surface area contributed by atoms with Gasteiger partial charge < -0.3 is 0 Å². The summed E-state index contributed by atoms with van der Waals surface area (Å²) < 4.78 is 29.2. The molecule has 0 aliphatic heterocycles. The van der Waals surface area contributed by atoms with Gasteiger partial charge in [0.25, 0.3) is 10.1 Å². The molecule has 4 heteroatoms. The van der Waals surface area contributed by atoms with E-state index in [4.69, 9.17) is 4.18 Å². The first-order chi connectivity index (χ1) is 11.0. The molecule has 0 spiro atoms. The smallest absolute Gasteiger partial charge is 0.266 e. The zero-order valence-electron chi connectivity index (χ0n) is 13.8. The van der Waals surface area contributed by atoms with E-state index < -0.39 is 10.1 Å². The fourth-order valence-corrected chi connectivity index (χ4v) is 3.26. The minimum Gasteiger partial charge on any atom is -0.266 e. The number of hydrogen-bond donors (Lipinski definition) is 0. The topological polar surface area (TPSA) is 43.4 Å². The molecular weight excluding hydrogens is 308 g/mol. The molecule has 2 aromatic carbocycles. The Morgan fingerprint density at radius 2 is 1.48 bits per heavy atom. The predicted octanol–water partition coefficient (Wildman–Crippen LogP) is 4.29. The second kappa shape index (κ2) is 8.27. The molecule has 0 aromatic heterocycles. The maximum absolute atomic E-state index is 12.0. The van der Waals surface area contributed by atoms with Crippen LogP contribution in [0.25, 0.3) is 0 Å². The summed E-state index contributed by atoms with van der Waals surface area (Å²) >= 11 is 0. The molecule has 0 fully saturated rings. The summed E-state index contributed by atoms with van der Waals surface area (Å²) in [5, 5.41) is 0. The van der Waals surface area contributed by atoms with Gasteiger partial charge in [-0.3, -0.25) is 4.18 Å². The van der Waals surface area contributed by atoms with Gasteiger partial charge >= 0.3 is 0 Å². The van der Waals surface area contributed by atoms with Crippen molar-refractivity contribution in [1.82, 2.24) is 0 Å². The summed E-state index contributed by atoms with van der Waals surface area (Å²) in [4.78, 5) is 0.221. The van der Waals surface area contributed by atoms with Crippen molar-refractivity contribution in [2.75, 3.05) is 6.61 Å². The van der Waals surface area contributed by atoms with Crippen LogP contribution >= 0.6 is 0 Å². The Balaban J connectivity index is 1.75. The van der Waals surface area contributed by atoms with Gasteiger partial charge in [0, 0.05) is 0 Å². The molecule has 124 valence electrons. The summed E-state index contributed by atoms with van der Waals surface area (Å²) in [6.45, 7) is 4.29. The van der Waals surface area contributed by atoms with Crippen molar-refractivity contribution in [3.8, 4) is 0 Å². The normalized spacial score (nSPS) is 11.6. The van der Waals surface area contributed by atoms with Crippen LogP contribution in [-0.4, -0.2) is 15.0 Å². The van der Waals surface area contributed by atoms with Crippen LogP contribution in [0.15, 0.2) is 53.4 Å². The van der Waals surface area contributed by atoms with Crippen LogP contribution in [0.2, 0.25) is 0 Å². The molecule has 0 unspecified atom stereocenters. The molecule has 0 amide bonds. The minimum absolute atomic E-state index is 0.221. The SMILES string of the molecule is CCc1ccc(CCCCOS(=O)(=O)c2ccc(C)cc2)cc1. The maximum Gasteiger partial charge on any atom is 0.296 e. The third-order valence-electron chi connectivity index (χ3n) is 3.84. The van der Waals surface area contributed by atoms with Crippen molar-refractivity contribution in [2.45, 2.75) is 44.4 Å². The molecule has 0 atom stereocenters. The Morgan fingerprint density at radius 1 is 0.870 bits per heavy atom. The summed E-state index contributed by atoms with van der Waals surface area (Å²) in [5.41, 5.74) is 3.64. The number of rotatable bonds is 8. The third kappa shape index (κ3) is 5.48. The molecular formula is C19H24O3S. The van der Waals surface area contributed by atoms with Gasteiger partial charge in [-0.2, -0.15) is 8.42 Å². The largest absolute Gasteiger partial charge is 0.296 e. The highest BCUT2D eigenvalue weighted by Gasteiger charge is 2.14. The van der Waals surface area contributed by atoms with E-state index in [0.29, 0.717) is 0 Å². The lowest BCUT2D eigenvalue weighted by Gasteiger charge is -2.06. The van der Waals surface area contributed by atoms with Gasteiger partial charge in [0.15, 0.2) is 0 Å². The first-order valence-corrected chi connectivity index (χ1v) is 9.46. The van der Waals surface area contributed by atoms with Crippen LogP contribution in [0.3, 0.4) is 0 Å². The molecule has 0 saturated heterocycles. The molecule has 2 rings (SSSR count). The van der Waals surface area contributed by atoms with E-state index in [0.717, 1.165) is 31.2 Å². The van der Waals surface area contributed by atoms with Gasteiger partial charge in [0.2, 0.25) is 0 Å².